The normalized spacial score (nSPS) is 12.9. The van der Waals surface area contributed by atoms with Crippen molar-refractivity contribution in [3.63, 3.8) is 0 Å². The van der Waals surface area contributed by atoms with Gasteiger partial charge in [-0.2, -0.15) is 0 Å². The second kappa shape index (κ2) is 4.21. The maximum atomic E-state index is 5.50. The fourth-order valence-corrected chi connectivity index (χ4v) is 1.15. The van der Waals surface area contributed by atoms with Gasteiger partial charge < -0.3 is 5.73 Å². The van der Waals surface area contributed by atoms with Gasteiger partial charge in [-0.05, 0) is 30.0 Å². The summed E-state index contributed by atoms with van der Waals surface area (Å²) in [5.41, 5.74) is 7.82. The molecule has 0 bridgehead atoms. The Morgan fingerprint density at radius 1 is 1.58 bits per heavy atom. The van der Waals surface area contributed by atoms with Crippen molar-refractivity contribution in [2.75, 3.05) is 0 Å². The highest BCUT2D eigenvalue weighted by Gasteiger charge is 2.02. The minimum absolute atomic E-state index is 0.532. The van der Waals surface area contributed by atoms with Crippen molar-refractivity contribution >= 4 is 0 Å². The standard InChI is InChI=1S/C10H16N2/c1-3-8(2)9-4-5-12-10(6-9)7-11/h4-6,8H,3,7,11H2,1-2H3. The van der Waals surface area contributed by atoms with Crippen molar-refractivity contribution in [1.29, 1.82) is 0 Å². The molecule has 1 atom stereocenters. The molecular formula is C10H16N2. The lowest BCUT2D eigenvalue weighted by molar-refractivity contribution is 0.729. The van der Waals surface area contributed by atoms with Crippen molar-refractivity contribution < 1.29 is 0 Å². The van der Waals surface area contributed by atoms with Crippen LogP contribution in [0, 0.1) is 0 Å². The van der Waals surface area contributed by atoms with Gasteiger partial charge in [0.1, 0.15) is 0 Å². The van der Waals surface area contributed by atoms with Crippen molar-refractivity contribution in [1.82, 2.24) is 4.98 Å². The summed E-state index contributed by atoms with van der Waals surface area (Å²) in [6.45, 7) is 4.94. The van der Waals surface area contributed by atoms with E-state index in [9.17, 15) is 0 Å². The van der Waals surface area contributed by atoms with Gasteiger partial charge in [0.2, 0.25) is 0 Å². The van der Waals surface area contributed by atoms with E-state index < -0.39 is 0 Å². The number of pyridine rings is 1. The molecule has 0 spiro atoms. The zero-order valence-corrected chi connectivity index (χ0v) is 7.75. The first kappa shape index (κ1) is 9.20. The Kier molecular flexibility index (Phi) is 3.23. The Labute approximate surface area is 73.8 Å². The predicted octanol–water partition coefficient (Wildman–Crippen LogP) is 2.05. The molecule has 0 fully saturated rings. The topological polar surface area (TPSA) is 38.9 Å². The van der Waals surface area contributed by atoms with E-state index in [-0.39, 0.29) is 0 Å². The van der Waals surface area contributed by atoms with E-state index in [0.29, 0.717) is 12.5 Å². The Hall–Kier alpha value is -0.890. The van der Waals surface area contributed by atoms with Gasteiger partial charge in [-0.3, -0.25) is 4.98 Å². The lowest BCUT2D eigenvalue weighted by atomic mass is 9.99. The molecule has 2 heteroatoms. The summed E-state index contributed by atoms with van der Waals surface area (Å²) in [7, 11) is 0. The zero-order valence-electron chi connectivity index (χ0n) is 7.75. The summed E-state index contributed by atoms with van der Waals surface area (Å²) in [5.74, 6) is 0.610. The van der Waals surface area contributed by atoms with Crippen LogP contribution in [0.2, 0.25) is 0 Å². The number of hydrogen-bond acceptors (Lipinski definition) is 2. The Morgan fingerprint density at radius 2 is 2.33 bits per heavy atom. The molecule has 0 radical (unpaired) electrons. The minimum Gasteiger partial charge on any atom is -0.325 e. The molecule has 66 valence electrons. The van der Waals surface area contributed by atoms with Crippen molar-refractivity contribution in [2.45, 2.75) is 32.7 Å². The lowest BCUT2D eigenvalue weighted by Gasteiger charge is -2.08. The third-order valence-electron chi connectivity index (χ3n) is 2.23. The minimum atomic E-state index is 0.532. The molecule has 0 saturated heterocycles. The number of hydrogen-bond donors (Lipinski definition) is 1. The molecule has 1 rings (SSSR count). The van der Waals surface area contributed by atoms with E-state index in [1.807, 2.05) is 6.20 Å². The van der Waals surface area contributed by atoms with Gasteiger partial charge in [-0.25, -0.2) is 0 Å². The highest BCUT2D eigenvalue weighted by atomic mass is 14.7. The van der Waals surface area contributed by atoms with E-state index in [4.69, 9.17) is 5.73 Å². The first-order valence-electron chi connectivity index (χ1n) is 4.42. The number of rotatable bonds is 3. The van der Waals surface area contributed by atoms with Gasteiger partial charge in [0, 0.05) is 12.7 Å². The summed E-state index contributed by atoms with van der Waals surface area (Å²) in [6, 6.07) is 4.15. The third-order valence-corrected chi connectivity index (χ3v) is 2.23. The summed E-state index contributed by atoms with van der Waals surface area (Å²) in [5, 5.41) is 0. The molecule has 12 heavy (non-hydrogen) atoms. The molecule has 0 aromatic carbocycles. The van der Waals surface area contributed by atoms with Crippen LogP contribution in [-0.4, -0.2) is 4.98 Å². The molecule has 1 heterocycles. The number of nitrogens with two attached hydrogens (primary N) is 1. The average molecular weight is 164 g/mol. The predicted molar refractivity (Wildman–Crippen MR) is 50.8 cm³/mol. The molecule has 0 aliphatic heterocycles. The Balaban J connectivity index is 2.86. The quantitative estimate of drug-likeness (QED) is 0.742. The number of nitrogens with zero attached hydrogens (tertiary/aromatic N) is 1. The molecular weight excluding hydrogens is 148 g/mol. The van der Waals surface area contributed by atoms with Crippen LogP contribution in [0.4, 0.5) is 0 Å². The fourth-order valence-electron chi connectivity index (χ4n) is 1.15. The number of aromatic nitrogens is 1. The van der Waals surface area contributed by atoms with Gasteiger partial charge >= 0.3 is 0 Å². The molecule has 0 aliphatic rings. The van der Waals surface area contributed by atoms with Crippen LogP contribution in [0.5, 0.6) is 0 Å². The van der Waals surface area contributed by atoms with E-state index in [1.54, 1.807) is 0 Å². The van der Waals surface area contributed by atoms with Crippen LogP contribution < -0.4 is 5.73 Å². The molecule has 1 aromatic rings. The van der Waals surface area contributed by atoms with E-state index >= 15 is 0 Å². The van der Waals surface area contributed by atoms with Crippen LogP contribution in [-0.2, 0) is 6.54 Å². The summed E-state index contributed by atoms with van der Waals surface area (Å²) in [6.07, 6.45) is 3.00. The van der Waals surface area contributed by atoms with Gasteiger partial charge in [-0.1, -0.05) is 13.8 Å². The van der Waals surface area contributed by atoms with Crippen LogP contribution in [0.1, 0.15) is 37.4 Å². The van der Waals surface area contributed by atoms with Crippen molar-refractivity contribution in [3.05, 3.63) is 29.6 Å². The second-order valence-corrected chi connectivity index (χ2v) is 3.09. The molecule has 0 saturated carbocycles. The van der Waals surface area contributed by atoms with E-state index in [1.165, 1.54) is 5.56 Å². The van der Waals surface area contributed by atoms with E-state index in [0.717, 1.165) is 12.1 Å². The lowest BCUT2D eigenvalue weighted by Crippen LogP contribution is -2.01. The summed E-state index contributed by atoms with van der Waals surface area (Å²) in [4.78, 5) is 4.15. The molecule has 0 aliphatic carbocycles. The fraction of sp³-hybridized carbons (Fsp3) is 0.500. The first-order chi connectivity index (χ1) is 5.77. The highest BCUT2D eigenvalue weighted by Crippen LogP contribution is 2.17. The molecule has 1 aromatic heterocycles. The maximum absolute atomic E-state index is 5.50. The SMILES string of the molecule is CCC(C)c1ccnc(CN)c1. The summed E-state index contributed by atoms with van der Waals surface area (Å²) >= 11 is 0. The molecule has 2 N–H and O–H groups in total. The van der Waals surface area contributed by atoms with Gasteiger partial charge in [0.25, 0.3) is 0 Å². The maximum Gasteiger partial charge on any atom is 0.0542 e. The van der Waals surface area contributed by atoms with Crippen LogP contribution in [0.25, 0.3) is 0 Å². The third kappa shape index (κ3) is 2.05. The van der Waals surface area contributed by atoms with Crippen LogP contribution >= 0.6 is 0 Å². The highest BCUT2D eigenvalue weighted by molar-refractivity contribution is 5.19. The molecule has 0 amide bonds. The molecule has 1 unspecified atom stereocenters. The summed E-state index contributed by atoms with van der Waals surface area (Å²) < 4.78 is 0. The Morgan fingerprint density at radius 3 is 2.92 bits per heavy atom. The van der Waals surface area contributed by atoms with Crippen LogP contribution in [0.3, 0.4) is 0 Å². The zero-order chi connectivity index (χ0) is 8.97. The van der Waals surface area contributed by atoms with E-state index in [2.05, 4.69) is 31.0 Å². The van der Waals surface area contributed by atoms with Gasteiger partial charge in [-0.15, -0.1) is 0 Å². The van der Waals surface area contributed by atoms with Crippen molar-refractivity contribution in [3.8, 4) is 0 Å². The van der Waals surface area contributed by atoms with Gasteiger partial charge in [0.15, 0.2) is 0 Å². The molecule has 2 nitrogen and oxygen atoms in total. The second-order valence-electron chi connectivity index (χ2n) is 3.09. The Bertz CT molecular complexity index is 245. The monoisotopic (exact) mass is 164 g/mol. The first-order valence-corrected chi connectivity index (χ1v) is 4.42. The smallest absolute Gasteiger partial charge is 0.0542 e. The largest absolute Gasteiger partial charge is 0.325 e. The van der Waals surface area contributed by atoms with Crippen molar-refractivity contribution in [2.24, 2.45) is 5.73 Å². The van der Waals surface area contributed by atoms with Gasteiger partial charge in [0.05, 0.1) is 5.69 Å². The van der Waals surface area contributed by atoms with Crippen LogP contribution in [0.15, 0.2) is 18.3 Å². The average Bonchev–Trinajstić information content (AvgIpc) is 2.17.